The van der Waals surface area contributed by atoms with Gasteiger partial charge >= 0.3 is 6.18 Å². The predicted molar refractivity (Wildman–Crippen MR) is 55.1 cm³/mol. The van der Waals surface area contributed by atoms with Crippen molar-refractivity contribution in [2.45, 2.75) is 33.0 Å². The largest absolute Gasteiger partial charge is 0.408 e. The normalized spacial score (nSPS) is 21.3. The van der Waals surface area contributed by atoms with Gasteiger partial charge in [0.25, 0.3) is 5.91 Å². The average molecular weight is 268 g/mol. The Bertz CT molecular complexity index is 349. The van der Waals surface area contributed by atoms with Gasteiger partial charge in [0.15, 0.2) is 0 Å². The van der Waals surface area contributed by atoms with Crippen LogP contribution in [0.15, 0.2) is 0 Å². The second-order valence-electron chi connectivity index (χ2n) is 5.06. The van der Waals surface area contributed by atoms with Gasteiger partial charge < -0.3 is 5.32 Å². The maximum absolute atomic E-state index is 12.1. The van der Waals surface area contributed by atoms with Crippen molar-refractivity contribution in [2.75, 3.05) is 13.2 Å². The van der Waals surface area contributed by atoms with Crippen molar-refractivity contribution in [1.29, 1.82) is 0 Å². The predicted octanol–water partition coefficient (Wildman–Crippen LogP) is 0.853. The number of alkyl halides is 3. The van der Waals surface area contributed by atoms with E-state index >= 15 is 0 Å². The molecule has 2 amide bonds. The lowest BCUT2D eigenvalue weighted by molar-refractivity contribution is -0.214. The van der Waals surface area contributed by atoms with Crippen LogP contribution >= 0.6 is 0 Å². The monoisotopic (exact) mass is 268 g/mol. The number of carbonyl (C=O) groups is 2. The van der Waals surface area contributed by atoms with Gasteiger partial charge in [-0.1, -0.05) is 20.8 Å². The van der Waals surface area contributed by atoms with Crippen LogP contribution < -0.4 is 5.32 Å². The van der Waals surface area contributed by atoms with Crippen LogP contribution in [0.2, 0.25) is 0 Å². The minimum absolute atomic E-state index is 0.230. The highest BCUT2D eigenvalue weighted by Crippen LogP contribution is 2.20. The maximum Gasteiger partial charge on any atom is 0.408 e. The molecule has 1 aliphatic rings. The fraction of sp³-hybridized carbons (Fsp3) is 0.800. The fourth-order valence-electron chi connectivity index (χ4n) is 1.24. The summed E-state index contributed by atoms with van der Waals surface area (Å²) in [4.78, 5) is 27.7. The summed E-state index contributed by atoms with van der Waals surface area (Å²) in [7, 11) is 0. The topological polar surface area (TPSA) is 58.6 Å². The Labute approximate surface area is 102 Å². The third-order valence-electron chi connectivity index (χ3n) is 2.25. The molecule has 0 spiro atoms. The Morgan fingerprint density at radius 2 is 2.00 bits per heavy atom. The highest BCUT2D eigenvalue weighted by atomic mass is 19.4. The van der Waals surface area contributed by atoms with E-state index in [0.29, 0.717) is 0 Å². The van der Waals surface area contributed by atoms with E-state index in [9.17, 15) is 22.8 Å². The number of hydroxylamine groups is 2. The molecular weight excluding hydrogens is 253 g/mol. The molecule has 0 aromatic rings. The summed E-state index contributed by atoms with van der Waals surface area (Å²) in [6.07, 6.45) is -4.53. The summed E-state index contributed by atoms with van der Waals surface area (Å²) in [6, 6.07) is -1.06. The summed E-state index contributed by atoms with van der Waals surface area (Å²) >= 11 is 0. The van der Waals surface area contributed by atoms with Gasteiger partial charge in [-0.05, 0) is 0 Å². The number of nitrogens with one attached hydrogen (secondary N) is 1. The van der Waals surface area contributed by atoms with Gasteiger partial charge in [0.2, 0.25) is 5.91 Å². The summed E-state index contributed by atoms with van der Waals surface area (Å²) < 4.78 is 36.3. The van der Waals surface area contributed by atoms with Gasteiger partial charge in [-0.25, -0.2) is 5.06 Å². The zero-order valence-electron chi connectivity index (χ0n) is 10.3. The van der Waals surface area contributed by atoms with Gasteiger partial charge in [-0.15, -0.1) is 0 Å². The van der Waals surface area contributed by atoms with E-state index in [-0.39, 0.29) is 11.7 Å². The van der Waals surface area contributed by atoms with Crippen LogP contribution in [-0.4, -0.2) is 42.2 Å². The van der Waals surface area contributed by atoms with Crippen molar-refractivity contribution in [1.82, 2.24) is 10.4 Å². The highest BCUT2D eigenvalue weighted by molar-refractivity contribution is 5.90. The molecule has 1 heterocycles. The summed E-state index contributed by atoms with van der Waals surface area (Å²) in [5.41, 5.74) is -0.724. The Morgan fingerprint density at radius 3 is 2.44 bits per heavy atom. The third-order valence-corrected chi connectivity index (χ3v) is 2.25. The lowest BCUT2D eigenvalue weighted by atomic mass is 9.95. The molecule has 1 atom stereocenters. The summed E-state index contributed by atoms with van der Waals surface area (Å²) in [5.74, 6) is -1.30. The zero-order valence-corrected chi connectivity index (χ0v) is 10.3. The fourth-order valence-corrected chi connectivity index (χ4v) is 1.24. The van der Waals surface area contributed by atoms with Crippen molar-refractivity contribution in [3.63, 3.8) is 0 Å². The van der Waals surface area contributed by atoms with E-state index in [0.717, 1.165) is 0 Å². The standard InChI is InChI=1S/C10H15F3N2O3/c1-9(2,3)8(17)14-6-4-18-15(7(6)16)5-10(11,12)13/h6H,4-5H2,1-3H3,(H,14,17)/t6-/m1/s1. The summed E-state index contributed by atoms with van der Waals surface area (Å²) in [5, 5.41) is 2.59. The molecule has 8 heteroatoms. The quantitative estimate of drug-likeness (QED) is 0.808. The van der Waals surface area contributed by atoms with Gasteiger partial charge in [-0.3, -0.25) is 14.4 Å². The number of halogens is 3. The first-order chi connectivity index (χ1) is 8.00. The zero-order chi connectivity index (χ0) is 14.1. The van der Waals surface area contributed by atoms with Gasteiger partial charge in [0.1, 0.15) is 19.2 Å². The molecule has 5 nitrogen and oxygen atoms in total. The molecule has 0 bridgehead atoms. The molecule has 0 saturated carbocycles. The van der Waals surface area contributed by atoms with Crippen molar-refractivity contribution >= 4 is 11.8 Å². The van der Waals surface area contributed by atoms with Gasteiger partial charge in [0.05, 0.1) is 0 Å². The molecule has 1 rings (SSSR count). The number of hydrogen-bond acceptors (Lipinski definition) is 3. The number of rotatable bonds is 2. The molecule has 1 fully saturated rings. The van der Waals surface area contributed by atoms with E-state index in [1.54, 1.807) is 20.8 Å². The first-order valence-corrected chi connectivity index (χ1v) is 5.33. The lowest BCUT2D eigenvalue weighted by Crippen LogP contribution is -2.47. The molecule has 0 aromatic carbocycles. The molecule has 0 unspecified atom stereocenters. The average Bonchev–Trinajstić information content (AvgIpc) is 2.46. The smallest absolute Gasteiger partial charge is 0.342 e. The molecule has 1 N–H and O–H groups in total. The van der Waals surface area contributed by atoms with Crippen molar-refractivity contribution in [3.05, 3.63) is 0 Å². The lowest BCUT2D eigenvalue weighted by Gasteiger charge is -2.20. The van der Waals surface area contributed by atoms with Gasteiger partial charge in [0, 0.05) is 5.41 Å². The molecule has 0 aromatic heterocycles. The Morgan fingerprint density at radius 1 is 1.44 bits per heavy atom. The second-order valence-corrected chi connectivity index (χ2v) is 5.06. The van der Waals surface area contributed by atoms with Crippen LogP contribution in [0.1, 0.15) is 20.8 Å². The number of hydrogen-bond donors (Lipinski definition) is 1. The number of nitrogens with zero attached hydrogens (tertiary/aromatic N) is 1. The molecular formula is C10H15F3N2O3. The van der Waals surface area contributed by atoms with Crippen LogP contribution in [0.25, 0.3) is 0 Å². The minimum Gasteiger partial charge on any atom is -0.342 e. The molecule has 104 valence electrons. The van der Waals surface area contributed by atoms with E-state index in [1.807, 2.05) is 0 Å². The van der Waals surface area contributed by atoms with Crippen molar-refractivity contribution in [3.8, 4) is 0 Å². The summed E-state index contributed by atoms with van der Waals surface area (Å²) in [6.45, 7) is 3.15. The second kappa shape index (κ2) is 4.75. The molecule has 18 heavy (non-hydrogen) atoms. The highest BCUT2D eigenvalue weighted by Gasteiger charge is 2.42. The molecule has 0 aliphatic carbocycles. The van der Waals surface area contributed by atoms with Crippen LogP contribution in [0.4, 0.5) is 13.2 Å². The maximum atomic E-state index is 12.1. The minimum atomic E-state index is -4.53. The Hall–Kier alpha value is -1.31. The first kappa shape index (κ1) is 14.7. The Balaban J connectivity index is 2.58. The van der Waals surface area contributed by atoms with Crippen molar-refractivity contribution < 1.29 is 27.6 Å². The van der Waals surface area contributed by atoms with E-state index < -0.39 is 36.0 Å². The van der Waals surface area contributed by atoms with E-state index in [2.05, 4.69) is 10.2 Å². The molecule has 1 saturated heterocycles. The molecule has 0 radical (unpaired) electrons. The SMILES string of the molecule is CC(C)(C)C(=O)N[C@@H]1CON(CC(F)(F)F)C1=O. The van der Waals surface area contributed by atoms with Crippen LogP contribution in [0, 0.1) is 5.41 Å². The first-order valence-electron chi connectivity index (χ1n) is 5.33. The Kier molecular flexibility index (Phi) is 3.89. The van der Waals surface area contributed by atoms with E-state index in [1.165, 1.54) is 0 Å². The van der Waals surface area contributed by atoms with Crippen LogP contribution in [0.5, 0.6) is 0 Å². The molecule has 1 aliphatic heterocycles. The van der Waals surface area contributed by atoms with Crippen LogP contribution in [-0.2, 0) is 14.4 Å². The van der Waals surface area contributed by atoms with Crippen LogP contribution in [0.3, 0.4) is 0 Å². The van der Waals surface area contributed by atoms with Crippen molar-refractivity contribution in [2.24, 2.45) is 5.41 Å². The third kappa shape index (κ3) is 3.86. The van der Waals surface area contributed by atoms with Gasteiger partial charge in [-0.2, -0.15) is 13.2 Å². The number of carbonyl (C=O) groups excluding carboxylic acids is 2. The van der Waals surface area contributed by atoms with E-state index in [4.69, 9.17) is 0 Å². The number of amides is 2.